The maximum Gasteiger partial charge on any atom is 0.320 e. The molecular weight excluding hydrogens is 248 g/mol. The first-order valence-electron chi connectivity index (χ1n) is 6.99. The van der Waals surface area contributed by atoms with E-state index in [-0.39, 0.29) is 12.1 Å². The first kappa shape index (κ1) is 14.1. The van der Waals surface area contributed by atoms with Crippen LogP contribution in [-0.2, 0) is 9.53 Å². The lowest BCUT2D eigenvalue weighted by molar-refractivity contribution is -0.143. The average molecular weight is 270 g/mol. The van der Waals surface area contributed by atoms with Gasteiger partial charge in [0.2, 0.25) is 0 Å². The van der Waals surface area contributed by atoms with Crippen molar-refractivity contribution in [3.05, 3.63) is 0 Å². The summed E-state index contributed by atoms with van der Waals surface area (Å²) in [6, 6.07) is 0.0903. The number of amides is 2. The number of urea groups is 1. The monoisotopic (exact) mass is 270 g/mol. The summed E-state index contributed by atoms with van der Waals surface area (Å²) in [5.41, 5.74) is 0. The van der Waals surface area contributed by atoms with Gasteiger partial charge in [0.25, 0.3) is 0 Å². The second-order valence-electron chi connectivity index (χ2n) is 5.24. The van der Waals surface area contributed by atoms with Gasteiger partial charge >= 0.3 is 12.0 Å². The van der Waals surface area contributed by atoms with Crippen LogP contribution in [0.15, 0.2) is 0 Å². The molecule has 19 heavy (non-hydrogen) atoms. The largest absolute Gasteiger partial charge is 0.481 e. The Kier molecular flexibility index (Phi) is 4.63. The molecule has 2 aliphatic rings. The number of carbonyl (C=O) groups is 2. The second kappa shape index (κ2) is 6.23. The number of carbonyl (C=O) groups excluding carboxylic acids is 1. The zero-order chi connectivity index (χ0) is 13.8. The molecule has 108 valence electrons. The maximum absolute atomic E-state index is 12.5. The Morgan fingerprint density at radius 3 is 2.84 bits per heavy atom. The Balaban J connectivity index is 1.99. The molecule has 2 heterocycles. The van der Waals surface area contributed by atoms with E-state index in [1.165, 1.54) is 0 Å². The molecule has 0 bridgehead atoms. The molecule has 6 nitrogen and oxygen atoms in total. The highest BCUT2D eigenvalue weighted by Crippen LogP contribution is 2.20. The van der Waals surface area contributed by atoms with Crippen LogP contribution in [0.25, 0.3) is 0 Å². The van der Waals surface area contributed by atoms with Gasteiger partial charge in [-0.3, -0.25) is 4.79 Å². The zero-order valence-corrected chi connectivity index (χ0v) is 11.4. The van der Waals surface area contributed by atoms with Gasteiger partial charge < -0.3 is 19.6 Å². The van der Waals surface area contributed by atoms with Crippen molar-refractivity contribution < 1.29 is 19.4 Å². The van der Waals surface area contributed by atoms with E-state index in [0.29, 0.717) is 39.3 Å². The molecule has 0 aliphatic carbocycles. The third-order valence-corrected chi connectivity index (χ3v) is 3.99. The number of hydrogen-bond acceptors (Lipinski definition) is 3. The van der Waals surface area contributed by atoms with Gasteiger partial charge in [-0.05, 0) is 19.3 Å². The molecule has 2 aliphatic heterocycles. The van der Waals surface area contributed by atoms with Gasteiger partial charge in [-0.2, -0.15) is 0 Å². The molecule has 2 rings (SSSR count). The lowest BCUT2D eigenvalue weighted by Crippen LogP contribution is -2.55. The Bertz CT molecular complexity index is 348. The van der Waals surface area contributed by atoms with Crippen molar-refractivity contribution in [2.75, 3.05) is 32.8 Å². The van der Waals surface area contributed by atoms with Crippen LogP contribution in [0.3, 0.4) is 0 Å². The van der Waals surface area contributed by atoms with Gasteiger partial charge in [0.05, 0.1) is 25.2 Å². The number of morpholine rings is 1. The number of carboxylic acids is 1. The van der Waals surface area contributed by atoms with Crippen LogP contribution in [0.4, 0.5) is 4.79 Å². The normalized spacial score (nSPS) is 28.3. The first-order chi connectivity index (χ1) is 9.13. The Hall–Kier alpha value is -1.30. The van der Waals surface area contributed by atoms with Crippen LogP contribution < -0.4 is 0 Å². The molecule has 6 heteroatoms. The number of ether oxygens (including phenoxy) is 1. The highest BCUT2D eigenvalue weighted by Gasteiger charge is 2.33. The summed E-state index contributed by atoms with van der Waals surface area (Å²) in [4.78, 5) is 27.1. The Morgan fingerprint density at radius 1 is 1.37 bits per heavy atom. The van der Waals surface area contributed by atoms with E-state index in [4.69, 9.17) is 9.84 Å². The number of piperidine rings is 1. The molecule has 2 atom stereocenters. The van der Waals surface area contributed by atoms with E-state index in [1.54, 1.807) is 4.90 Å². The fourth-order valence-corrected chi connectivity index (χ4v) is 2.78. The summed E-state index contributed by atoms with van der Waals surface area (Å²) in [5, 5.41) is 9.07. The number of likely N-dealkylation sites (tertiary alicyclic amines) is 1. The molecule has 2 amide bonds. The summed E-state index contributed by atoms with van der Waals surface area (Å²) in [6.45, 7) is 4.79. The number of hydrogen-bond donors (Lipinski definition) is 1. The van der Waals surface area contributed by atoms with Crippen LogP contribution in [0.1, 0.15) is 26.2 Å². The molecule has 2 fully saturated rings. The minimum absolute atomic E-state index is 0.0268. The van der Waals surface area contributed by atoms with Crippen LogP contribution in [-0.4, -0.2) is 65.8 Å². The first-order valence-corrected chi connectivity index (χ1v) is 6.99. The van der Waals surface area contributed by atoms with Gasteiger partial charge in [-0.15, -0.1) is 0 Å². The minimum atomic E-state index is -0.800. The molecule has 0 spiro atoms. The predicted molar refractivity (Wildman–Crippen MR) is 68.9 cm³/mol. The van der Waals surface area contributed by atoms with Crippen molar-refractivity contribution >= 4 is 12.0 Å². The van der Waals surface area contributed by atoms with Gasteiger partial charge in [0.15, 0.2) is 0 Å². The highest BCUT2D eigenvalue weighted by atomic mass is 16.5. The molecule has 0 aromatic carbocycles. The SMILES string of the molecule is CCC1COCCN1C(=O)N1CCC[C@@H](C(=O)O)C1. The number of carboxylic acid groups (broad SMARTS) is 1. The molecule has 0 aromatic rings. The molecular formula is C13H22N2O4. The van der Waals surface area contributed by atoms with E-state index in [2.05, 4.69) is 0 Å². The fourth-order valence-electron chi connectivity index (χ4n) is 2.78. The Morgan fingerprint density at radius 2 is 2.16 bits per heavy atom. The van der Waals surface area contributed by atoms with E-state index < -0.39 is 11.9 Å². The van der Waals surface area contributed by atoms with Crippen molar-refractivity contribution in [2.24, 2.45) is 5.92 Å². The van der Waals surface area contributed by atoms with Crippen LogP contribution >= 0.6 is 0 Å². The fraction of sp³-hybridized carbons (Fsp3) is 0.846. The zero-order valence-electron chi connectivity index (χ0n) is 11.4. The van der Waals surface area contributed by atoms with E-state index in [1.807, 2.05) is 11.8 Å². The van der Waals surface area contributed by atoms with Gasteiger partial charge in [-0.1, -0.05) is 6.92 Å². The van der Waals surface area contributed by atoms with Crippen molar-refractivity contribution in [3.63, 3.8) is 0 Å². The predicted octanol–water partition coefficient (Wildman–Crippen LogP) is 1.01. The maximum atomic E-state index is 12.5. The van der Waals surface area contributed by atoms with E-state index in [0.717, 1.165) is 12.8 Å². The van der Waals surface area contributed by atoms with Crippen molar-refractivity contribution in [1.82, 2.24) is 9.80 Å². The molecule has 0 radical (unpaired) electrons. The summed E-state index contributed by atoms with van der Waals surface area (Å²) < 4.78 is 5.39. The molecule has 0 saturated carbocycles. The number of aliphatic carboxylic acids is 1. The van der Waals surface area contributed by atoms with Crippen molar-refractivity contribution in [2.45, 2.75) is 32.2 Å². The standard InChI is InChI=1S/C13H22N2O4/c1-2-11-9-19-7-6-15(11)13(18)14-5-3-4-10(8-14)12(16)17/h10-11H,2-9H2,1H3,(H,16,17)/t10-,11?/m1/s1. The van der Waals surface area contributed by atoms with Crippen molar-refractivity contribution in [1.29, 1.82) is 0 Å². The van der Waals surface area contributed by atoms with E-state index >= 15 is 0 Å². The lowest BCUT2D eigenvalue weighted by atomic mass is 9.98. The van der Waals surface area contributed by atoms with Crippen LogP contribution in [0.5, 0.6) is 0 Å². The Labute approximate surface area is 113 Å². The lowest BCUT2D eigenvalue weighted by Gasteiger charge is -2.40. The minimum Gasteiger partial charge on any atom is -0.481 e. The van der Waals surface area contributed by atoms with E-state index in [9.17, 15) is 9.59 Å². The summed E-state index contributed by atoms with van der Waals surface area (Å²) >= 11 is 0. The summed E-state index contributed by atoms with van der Waals surface area (Å²) in [6.07, 6.45) is 2.30. The van der Waals surface area contributed by atoms with Gasteiger partial charge in [0.1, 0.15) is 0 Å². The number of rotatable bonds is 2. The topological polar surface area (TPSA) is 70.1 Å². The average Bonchev–Trinajstić information content (AvgIpc) is 2.46. The third kappa shape index (κ3) is 3.18. The summed E-state index contributed by atoms with van der Waals surface area (Å²) in [5.74, 6) is -1.22. The van der Waals surface area contributed by atoms with Gasteiger partial charge in [-0.25, -0.2) is 4.79 Å². The van der Waals surface area contributed by atoms with Crippen LogP contribution in [0.2, 0.25) is 0 Å². The van der Waals surface area contributed by atoms with Crippen LogP contribution in [0, 0.1) is 5.92 Å². The third-order valence-electron chi connectivity index (χ3n) is 3.99. The molecule has 2 saturated heterocycles. The smallest absolute Gasteiger partial charge is 0.320 e. The second-order valence-corrected chi connectivity index (χ2v) is 5.24. The van der Waals surface area contributed by atoms with Gasteiger partial charge in [0, 0.05) is 19.6 Å². The molecule has 1 N–H and O–H groups in total. The van der Waals surface area contributed by atoms with Crippen molar-refractivity contribution in [3.8, 4) is 0 Å². The quantitative estimate of drug-likeness (QED) is 0.813. The number of nitrogens with zero attached hydrogens (tertiary/aromatic N) is 2. The summed E-state index contributed by atoms with van der Waals surface area (Å²) in [7, 11) is 0. The molecule has 0 aromatic heterocycles. The molecule has 1 unspecified atom stereocenters. The highest BCUT2D eigenvalue weighted by molar-refractivity contribution is 5.77.